The summed E-state index contributed by atoms with van der Waals surface area (Å²) >= 11 is 3.23. The number of halogens is 6. The quantitative estimate of drug-likeness (QED) is 0.303. The van der Waals surface area contributed by atoms with Crippen LogP contribution in [0.3, 0.4) is 0 Å². The summed E-state index contributed by atoms with van der Waals surface area (Å²) in [5, 5.41) is 9.39. The monoisotopic (exact) mass is 569 g/mol. The molecule has 2 atom stereocenters. The zero-order valence-corrected chi connectivity index (χ0v) is 20.6. The number of aliphatic imine (C=N–C) groups is 1. The van der Waals surface area contributed by atoms with Gasteiger partial charge in [0.05, 0.1) is 11.4 Å². The van der Waals surface area contributed by atoms with Gasteiger partial charge in [-0.2, -0.15) is 23.4 Å². The highest BCUT2D eigenvalue weighted by molar-refractivity contribution is 9.10. The number of anilines is 1. The predicted octanol–water partition coefficient (Wildman–Crippen LogP) is 5.37. The Bertz CT molecular complexity index is 1280. The number of amidine groups is 1. The SMILES string of the molecule is CC1CC(C(=O)N=C(N)c2ccc(C(F)(F)F)nc2C2(F)CC2)CCN1c1cc(Br)cc(F)c1C#N. The van der Waals surface area contributed by atoms with Crippen LogP contribution in [-0.2, 0) is 16.6 Å². The highest BCUT2D eigenvalue weighted by Crippen LogP contribution is 2.50. The number of nitriles is 1. The summed E-state index contributed by atoms with van der Waals surface area (Å²) in [5.74, 6) is -2.21. The fourth-order valence-corrected chi connectivity index (χ4v) is 4.85. The summed E-state index contributed by atoms with van der Waals surface area (Å²) < 4.78 is 68.8. The molecule has 36 heavy (non-hydrogen) atoms. The van der Waals surface area contributed by atoms with E-state index in [2.05, 4.69) is 25.9 Å². The van der Waals surface area contributed by atoms with Gasteiger partial charge in [0.15, 0.2) is 5.67 Å². The second-order valence-electron chi connectivity index (χ2n) is 9.05. The molecular weight excluding hydrogens is 549 g/mol. The van der Waals surface area contributed by atoms with Crippen molar-refractivity contribution in [2.45, 2.75) is 50.5 Å². The summed E-state index contributed by atoms with van der Waals surface area (Å²) in [7, 11) is 0. The second kappa shape index (κ2) is 9.42. The van der Waals surface area contributed by atoms with Crippen molar-refractivity contribution in [1.29, 1.82) is 5.26 Å². The Labute approximate surface area is 212 Å². The Morgan fingerprint density at radius 2 is 2.03 bits per heavy atom. The van der Waals surface area contributed by atoms with Crippen molar-refractivity contribution < 1.29 is 26.7 Å². The van der Waals surface area contributed by atoms with Crippen LogP contribution in [0.4, 0.5) is 27.6 Å². The molecule has 1 aromatic carbocycles. The minimum Gasteiger partial charge on any atom is -0.383 e. The van der Waals surface area contributed by atoms with Gasteiger partial charge in [-0.1, -0.05) is 15.9 Å². The van der Waals surface area contributed by atoms with Crippen molar-refractivity contribution in [3.63, 3.8) is 0 Å². The van der Waals surface area contributed by atoms with Crippen LogP contribution < -0.4 is 10.6 Å². The smallest absolute Gasteiger partial charge is 0.383 e. The fourth-order valence-electron chi connectivity index (χ4n) is 4.43. The van der Waals surface area contributed by atoms with Gasteiger partial charge < -0.3 is 10.6 Å². The average molecular weight is 570 g/mol. The first kappa shape index (κ1) is 26.0. The number of pyridine rings is 1. The molecular formula is C24H21BrF5N5O. The number of amides is 1. The number of aromatic nitrogens is 1. The molecule has 4 rings (SSSR count). The Kier molecular flexibility index (Phi) is 6.81. The molecule has 1 saturated heterocycles. The summed E-state index contributed by atoms with van der Waals surface area (Å²) in [6.45, 7) is 2.16. The van der Waals surface area contributed by atoms with E-state index in [0.717, 1.165) is 6.07 Å². The van der Waals surface area contributed by atoms with Gasteiger partial charge in [-0.15, -0.1) is 0 Å². The average Bonchev–Trinajstić information content (AvgIpc) is 3.56. The van der Waals surface area contributed by atoms with Crippen molar-refractivity contribution in [3.05, 3.63) is 57.1 Å². The maximum Gasteiger partial charge on any atom is 0.433 e. The second-order valence-corrected chi connectivity index (χ2v) is 9.96. The third kappa shape index (κ3) is 5.07. The van der Waals surface area contributed by atoms with Crippen LogP contribution in [0, 0.1) is 23.1 Å². The lowest BCUT2D eigenvalue weighted by Gasteiger charge is -2.38. The van der Waals surface area contributed by atoms with Crippen LogP contribution in [0.1, 0.15) is 55.1 Å². The largest absolute Gasteiger partial charge is 0.433 e. The first-order valence-corrected chi connectivity index (χ1v) is 11.9. The predicted molar refractivity (Wildman–Crippen MR) is 125 cm³/mol. The number of nitrogens with zero attached hydrogens (tertiary/aromatic N) is 4. The van der Waals surface area contributed by atoms with Crippen LogP contribution in [0.15, 0.2) is 33.7 Å². The number of rotatable bonds is 4. The topological polar surface area (TPSA) is 95.4 Å². The van der Waals surface area contributed by atoms with Gasteiger partial charge in [0, 0.05) is 28.5 Å². The number of hydrogen-bond acceptors (Lipinski definition) is 4. The molecule has 1 aromatic heterocycles. The van der Waals surface area contributed by atoms with E-state index < -0.39 is 46.7 Å². The molecule has 1 aliphatic carbocycles. The molecule has 2 N–H and O–H groups in total. The number of carbonyl (C=O) groups excluding carboxylic acids is 1. The molecule has 1 aliphatic heterocycles. The summed E-state index contributed by atoms with van der Waals surface area (Å²) in [4.78, 5) is 22.1. The zero-order chi connectivity index (χ0) is 26.4. The molecule has 0 spiro atoms. The first-order valence-electron chi connectivity index (χ1n) is 11.2. The Morgan fingerprint density at radius 1 is 1.33 bits per heavy atom. The number of carbonyl (C=O) groups is 1. The number of alkyl halides is 4. The van der Waals surface area contributed by atoms with Gasteiger partial charge >= 0.3 is 6.18 Å². The Morgan fingerprint density at radius 3 is 2.61 bits per heavy atom. The number of benzene rings is 1. The fraction of sp³-hybridized carbons (Fsp3) is 0.417. The molecule has 12 heteroatoms. The van der Waals surface area contributed by atoms with Gasteiger partial charge in [0.2, 0.25) is 0 Å². The van der Waals surface area contributed by atoms with Crippen LogP contribution in [0.25, 0.3) is 0 Å². The molecule has 2 aliphatic rings. The van der Waals surface area contributed by atoms with E-state index in [4.69, 9.17) is 5.73 Å². The van der Waals surface area contributed by atoms with E-state index in [0.29, 0.717) is 35.6 Å². The maximum atomic E-state index is 14.8. The van der Waals surface area contributed by atoms with Gasteiger partial charge in [0.25, 0.3) is 5.91 Å². The van der Waals surface area contributed by atoms with Gasteiger partial charge in [-0.05, 0) is 56.9 Å². The lowest BCUT2D eigenvalue weighted by Crippen LogP contribution is -2.43. The maximum absolute atomic E-state index is 14.8. The summed E-state index contributed by atoms with van der Waals surface area (Å²) in [6, 6.07) is 6.13. The zero-order valence-electron chi connectivity index (χ0n) is 19.0. The standard InChI is InChI=1S/C24H21BrF5N5O/c1-12-8-13(4-7-35(12)18-10-14(25)9-17(26)16(18)11-31)22(36)34-21(32)15-2-3-19(24(28,29)30)33-20(15)23(27)5-6-23/h2-3,9-10,12-13H,4-8H2,1H3,(H2,32,34,36). The highest BCUT2D eigenvalue weighted by atomic mass is 79.9. The first-order chi connectivity index (χ1) is 16.8. The van der Waals surface area contributed by atoms with Crippen LogP contribution >= 0.6 is 15.9 Å². The summed E-state index contributed by atoms with van der Waals surface area (Å²) in [5.41, 5.74) is 2.40. The minimum absolute atomic E-state index is 0.00634. The number of piperidine rings is 1. The van der Waals surface area contributed by atoms with E-state index >= 15 is 0 Å². The molecule has 2 fully saturated rings. The Balaban J connectivity index is 1.55. The van der Waals surface area contributed by atoms with Gasteiger partial charge in [0.1, 0.15) is 29.0 Å². The third-order valence-electron chi connectivity index (χ3n) is 6.49. The molecule has 0 radical (unpaired) electrons. The van der Waals surface area contributed by atoms with E-state index in [1.807, 2.05) is 17.9 Å². The van der Waals surface area contributed by atoms with E-state index in [1.54, 1.807) is 6.07 Å². The van der Waals surface area contributed by atoms with Crippen LogP contribution in [0.2, 0.25) is 0 Å². The molecule has 0 bridgehead atoms. The van der Waals surface area contributed by atoms with Crippen LogP contribution in [-0.4, -0.2) is 29.3 Å². The van der Waals surface area contributed by atoms with Gasteiger partial charge in [-0.3, -0.25) is 4.79 Å². The lowest BCUT2D eigenvalue weighted by molar-refractivity contribution is -0.141. The van der Waals surface area contributed by atoms with E-state index in [9.17, 15) is 32.0 Å². The molecule has 2 heterocycles. The van der Waals surface area contributed by atoms with E-state index in [1.165, 1.54) is 6.07 Å². The molecule has 6 nitrogen and oxygen atoms in total. The molecule has 1 saturated carbocycles. The molecule has 1 amide bonds. The van der Waals surface area contributed by atoms with Crippen molar-refractivity contribution in [1.82, 2.24) is 4.98 Å². The van der Waals surface area contributed by atoms with Crippen molar-refractivity contribution >= 4 is 33.4 Å². The molecule has 2 aromatic rings. The van der Waals surface area contributed by atoms with Crippen molar-refractivity contribution in [2.24, 2.45) is 16.6 Å². The normalized spacial score (nSPS) is 21.7. The molecule has 2 unspecified atom stereocenters. The van der Waals surface area contributed by atoms with Crippen molar-refractivity contribution in [2.75, 3.05) is 11.4 Å². The number of nitrogens with two attached hydrogens (primary N) is 1. The summed E-state index contributed by atoms with van der Waals surface area (Å²) in [6.07, 6.45) is -4.10. The van der Waals surface area contributed by atoms with Crippen LogP contribution in [0.5, 0.6) is 0 Å². The Hall–Kier alpha value is -3.07. The third-order valence-corrected chi connectivity index (χ3v) is 6.94. The molecule has 190 valence electrons. The minimum atomic E-state index is -4.76. The lowest BCUT2D eigenvalue weighted by atomic mass is 9.90. The van der Waals surface area contributed by atoms with Gasteiger partial charge in [-0.25, -0.2) is 13.8 Å². The highest BCUT2D eigenvalue weighted by Gasteiger charge is 2.49. The number of hydrogen-bond donors (Lipinski definition) is 1. The van der Waals surface area contributed by atoms with Crippen molar-refractivity contribution in [3.8, 4) is 6.07 Å². The van der Waals surface area contributed by atoms with E-state index in [-0.39, 0.29) is 30.0 Å².